The van der Waals surface area contributed by atoms with Crippen LogP contribution in [0.2, 0.25) is 0 Å². The molecule has 2 aromatic rings. The number of nitrogens with zero attached hydrogens (tertiary/aromatic N) is 2. The van der Waals surface area contributed by atoms with E-state index in [0.29, 0.717) is 19.7 Å². The van der Waals surface area contributed by atoms with E-state index >= 15 is 0 Å². The summed E-state index contributed by atoms with van der Waals surface area (Å²) in [4.78, 5) is 16.8. The minimum absolute atomic E-state index is 0.0428. The van der Waals surface area contributed by atoms with E-state index in [0.717, 1.165) is 25.2 Å². The van der Waals surface area contributed by atoms with Crippen LogP contribution in [0.3, 0.4) is 0 Å². The molecular weight excluding hydrogens is 391 g/mol. The molecule has 3 rings (SSSR count). The Bertz CT molecular complexity index is 771. The highest BCUT2D eigenvalue weighted by Crippen LogP contribution is 2.34. The molecule has 1 aromatic heterocycles. The maximum Gasteiger partial charge on any atom is 0.248 e. The van der Waals surface area contributed by atoms with Crippen molar-refractivity contribution in [1.29, 1.82) is 0 Å². The average molecular weight is 421 g/mol. The molecule has 0 aliphatic carbocycles. The highest BCUT2D eigenvalue weighted by molar-refractivity contribution is 7.07. The smallest absolute Gasteiger partial charge is 0.248 e. The van der Waals surface area contributed by atoms with Crippen molar-refractivity contribution in [1.82, 2.24) is 9.80 Å². The largest absolute Gasteiger partial charge is 0.383 e. The van der Waals surface area contributed by atoms with Crippen molar-refractivity contribution in [3.8, 4) is 0 Å². The lowest BCUT2D eigenvalue weighted by atomic mass is 9.88. The lowest BCUT2D eigenvalue weighted by molar-refractivity contribution is -0.136. The molecule has 1 aromatic carbocycles. The van der Waals surface area contributed by atoms with Crippen molar-refractivity contribution in [2.45, 2.75) is 12.5 Å². The molecule has 158 valence electrons. The summed E-state index contributed by atoms with van der Waals surface area (Å²) in [6.45, 7) is 4.24. The first-order valence-corrected chi connectivity index (χ1v) is 10.8. The molecule has 0 spiro atoms. The van der Waals surface area contributed by atoms with E-state index in [1.807, 2.05) is 11.0 Å². The van der Waals surface area contributed by atoms with Crippen molar-refractivity contribution < 1.29 is 18.7 Å². The molecule has 29 heavy (non-hydrogen) atoms. The number of carbonyl (C=O) groups is 1. The maximum atomic E-state index is 13.9. The van der Waals surface area contributed by atoms with E-state index in [-0.39, 0.29) is 30.2 Å². The Kier molecular flexibility index (Phi) is 8.18. The third-order valence-corrected chi connectivity index (χ3v) is 6.15. The van der Waals surface area contributed by atoms with Crippen LogP contribution in [-0.4, -0.2) is 69.3 Å². The average Bonchev–Trinajstić information content (AvgIpc) is 3.35. The Morgan fingerprint density at radius 1 is 1.28 bits per heavy atom. The van der Waals surface area contributed by atoms with Gasteiger partial charge in [0.25, 0.3) is 0 Å². The molecule has 0 N–H and O–H groups in total. The second kappa shape index (κ2) is 10.8. The van der Waals surface area contributed by atoms with Crippen LogP contribution in [0.15, 0.2) is 41.1 Å². The summed E-state index contributed by atoms with van der Waals surface area (Å²) in [6, 6.07) is 9.00. The Hall–Kier alpha value is -1.80. The number of carbonyl (C=O) groups excluding carboxylic acids is 1. The second-order valence-electron chi connectivity index (χ2n) is 7.51. The van der Waals surface area contributed by atoms with Crippen LogP contribution in [0, 0.1) is 11.7 Å². The van der Waals surface area contributed by atoms with Gasteiger partial charge < -0.3 is 14.4 Å². The molecular formula is C22H29FN2O3S. The highest BCUT2D eigenvalue weighted by Gasteiger charge is 2.35. The second-order valence-corrected chi connectivity index (χ2v) is 8.29. The minimum Gasteiger partial charge on any atom is -0.383 e. The Balaban J connectivity index is 1.77. The zero-order valence-electron chi connectivity index (χ0n) is 17.1. The molecule has 1 aliphatic rings. The summed E-state index contributed by atoms with van der Waals surface area (Å²) in [5, 5.41) is 4.25. The molecule has 1 saturated heterocycles. The first-order chi connectivity index (χ1) is 14.1. The number of likely N-dealkylation sites (tertiary alicyclic amines) is 1. The summed E-state index contributed by atoms with van der Waals surface area (Å²) >= 11 is 1.70. The fraction of sp³-hybridized carbons (Fsp3) is 0.500. The minimum atomic E-state index is -0.218. The van der Waals surface area contributed by atoms with Gasteiger partial charge in [0.05, 0.1) is 6.61 Å². The van der Waals surface area contributed by atoms with Gasteiger partial charge in [-0.3, -0.25) is 9.69 Å². The lowest BCUT2D eigenvalue weighted by Crippen LogP contribution is -2.41. The third-order valence-electron chi connectivity index (χ3n) is 5.42. The van der Waals surface area contributed by atoms with Crippen molar-refractivity contribution in [3.63, 3.8) is 0 Å². The number of ether oxygens (including phenoxy) is 2. The summed E-state index contributed by atoms with van der Waals surface area (Å²) in [5.41, 5.74) is 2.29. The van der Waals surface area contributed by atoms with Crippen LogP contribution in [-0.2, 0) is 20.8 Å². The molecule has 2 unspecified atom stereocenters. The van der Waals surface area contributed by atoms with Crippen molar-refractivity contribution in [2.75, 3.05) is 53.6 Å². The van der Waals surface area contributed by atoms with Gasteiger partial charge in [-0.2, -0.15) is 11.3 Å². The standard InChI is InChI=1S/C22H29FN2O3S/c1-27-8-7-25(22(26)15-28-2)13-19-12-24(11-17-6-9-29-16-17)14-21(19)18-4-3-5-20(23)10-18/h3-6,9-10,16,19,21H,7-8,11-15H2,1-2H3. The summed E-state index contributed by atoms with van der Waals surface area (Å²) in [6.07, 6.45) is 0. The molecule has 7 heteroatoms. The molecule has 0 radical (unpaired) electrons. The van der Waals surface area contributed by atoms with Gasteiger partial charge in [-0.1, -0.05) is 12.1 Å². The van der Waals surface area contributed by atoms with Crippen molar-refractivity contribution in [2.24, 2.45) is 5.92 Å². The van der Waals surface area contributed by atoms with Crippen LogP contribution in [0.25, 0.3) is 0 Å². The predicted octanol–water partition coefficient (Wildman–Crippen LogP) is 3.22. The monoisotopic (exact) mass is 420 g/mol. The number of amides is 1. The summed E-state index contributed by atoms with van der Waals surface area (Å²) in [7, 11) is 3.16. The number of halogens is 1. The third kappa shape index (κ3) is 6.09. The summed E-state index contributed by atoms with van der Waals surface area (Å²) in [5.74, 6) is 0.126. The zero-order chi connectivity index (χ0) is 20.6. The molecule has 0 saturated carbocycles. The topological polar surface area (TPSA) is 42.0 Å². The van der Waals surface area contributed by atoms with Crippen LogP contribution in [0.1, 0.15) is 17.0 Å². The molecule has 1 fully saturated rings. The van der Waals surface area contributed by atoms with Gasteiger partial charge in [0.2, 0.25) is 5.91 Å². The number of thiophene rings is 1. The SMILES string of the molecule is COCCN(CC1CN(Cc2ccsc2)CC1c1cccc(F)c1)C(=O)COC. The molecule has 0 bridgehead atoms. The number of hydrogen-bond donors (Lipinski definition) is 0. The van der Waals surface area contributed by atoms with Gasteiger partial charge in [-0.25, -0.2) is 4.39 Å². The Morgan fingerprint density at radius 2 is 2.14 bits per heavy atom. The Morgan fingerprint density at radius 3 is 2.83 bits per heavy atom. The number of hydrogen-bond acceptors (Lipinski definition) is 5. The zero-order valence-corrected chi connectivity index (χ0v) is 17.9. The van der Waals surface area contributed by atoms with Gasteiger partial charge in [0.1, 0.15) is 12.4 Å². The lowest BCUT2D eigenvalue weighted by Gasteiger charge is -2.28. The first-order valence-electron chi connectivity index (χ1n) is 9.85. The van der Waals surface area contributed by atoms with Gasteiger partial charge in [0, 0.05) is 52.9 Å². The van der Waals surface area contributed by atoms with Crippen LogP contribution in [0.5, 0.6) is 0 Å². The normalized spacial score (nSPS) is 19.6. The van der Waals surface area contributed by atoms with E-state index in [2.05, 4.69) is 21.7 Å². The van der Waals surface area contributed by atoms with Crippen molar-refractivity contribution >= 4 is 17.2 Å². The van der Waals surface area contributed by atoms with E-state index < -0.39 is 0 Å². The number of benzene rings is 1. The summed E-state index contributed by atoms with van der Waals surface area (Å²) < 4.78 is 24.1. The van der Waals surface area contributed by atoms with Crippen molar-refractivity contribution in [3.05, 3.63) is 58.0 Å². The van der Waals surface area contributed by atoms with Gasteiger partial charge in [-0.05, 0) is 46.0 Å². The quantitative estimate of drug-likeness (QED) is 0.592. The van der Waals surface area contributed by atoms with E-state index in [4.69, 9.17) is 9.47 Å². The van der Waals surface area contributed by atoms with E-state index in [1.54, 1.807) is 30.6 Å². The maximum absolute atomic E-state index is 13.9. The van der Waals surface area contributed by atoms with Gasteiger partial charge in [-0.15, -0.1) is 0 Å². The van der Waals surface area contributed by atoms with E-state index in [1.165, 1.54) is 18.7 Å². The highest BCUT2D eigenvalue weighted by atomic mass is 32.1. The number of methoxy groups -OCH3 is 2. The van der Waals surface area contributed by atoms with Gasteiger partial charge >= 0.3 is 0 Å². The van der Waals surface area contributed by atoms with Crippen LogP contribution in [0.4, 0.5) is 4.39 Å². The Labute approximate surface area is 176 Å². The molecule has 2 heterocycles. The van der Waals surface area contributed by atoms with E-state index in [9.17, 15) is 9.18 Å². The fourth-order valence-corrected chi connectivity index (χ4v) is 4.71. The molecule has 5 nitrogen and oxygen atoms in total. The molecule has 2 atom stereocenters. The molecule has 1 aliphatic heterocycles. The molecule has 1 amide bonds. The van der Waals surface area contributed by atoms with Crippen LogP contribution < -0.4 is 0 Å². The van der Waals surface area contributed by atoms with Crippen LogP contribution >= 0.6 is 11.3 Å². The fourth-order valence-electron chi connectivity index (χ4n) is 4.05. The first kappa shape index (κ1) is 21.9. The predicted molar refractivity (Wildman–Crippen MR) is 113 cm³/mol. The van der Waals surface area contributed by atoms with Gasteiger partial charge in [0.15, 0.2) is 0 Å². The number of rotatable bonds is 10.